The fourth-order valence-electron chi connectivity index (χ4n) is 3.09. The fraction of sp³-hybridized carbons (Fsp3) is 0.0714. The van der Waals surface area contributed by atoms with Gasteiger partial charge in [0.05, 0.1) is 0 Å². The maximum Gasteiger partial charge on any atom is 0.376 e. The summed E-state index contributed by atoms with van der Waals surface area (Å²) >= 11 is 0. The van der Waals surface area contributed by atoms with E-state index < -0.39 is 35.0 Å². The lowest BCUT2D eigenvalue weighted by Crippen LogP contribution is -2.09. The molecule has 0 spiro atoms. The zero-order valence-electron chi connectivity index (χ0n) is 19.7. The molecule has 0 aromatic heterocycles. The Morgan fingerprint density at radius 1 is 0.579 bits per heavy atom. The molecular weight excluding hydrogens is 496 g/mol. The van der Waals surface area contributed by atoms with Gasteiger partial charge in [0.15, 0.2) is 0 Å². The minimum atomic E-state index is -1.67. The minimum Gasteiger partial charge on any atom is -0.507 e. The number of carboxylic acid groups (broad SMARTS) is 2. The van der Waals surface area contributed by atoms with Gasteiger partial charge in [0.2, 0.25) is 0 Å². The number of carboxylic acids is 2. The van der Waals surface area contributed by atoms with Crippen molar-refractivity contribution in [2.75, 3.05) is 0 Å². The maximum atomic E-state index is 11.3. The summed E-state index contributed by atoms with van der Waals surface area (Å²) in [5, 5.41) is 37.2. The Bertz CT molecular complexity index is 1310. The zero-order chi connectivity index (χ0) is 27.7. The van der Waals surface area contributed by atoms with E-state index in [-0.39, 0.29) is 24.3 Å². The Labute approximate surface area is 216 Å². The van der Waals surface area contributed by atoms with Gasteiger partial charge in [0, 0.05) is 23.3 Å². The van der Waals surface area contributed by atoms with Gasteiger partial charge in [-0.15, -0.1) is 0 Å². The highest BCUT2D eigenvalue weighted by Gasteiger charge is 2.12. The second kappa shape index (κ2) is 12.5. The number of rotatable bonds is 12. The number of benzene rings is 3. The normalized spacial score (nSPS) is 11.5. The molecule has 38 heavy (non-hydrogen) atoms. The second-order valence-electron chi connectivity index (χ2n) is 7.85. The lowest BCUT2D eigenvalue weighted by atomic mass is 10.1. The van der Waals surface area contributed by atoms with Crippen molar-refractivity contribution in [3.63, 3.8) is 0 Å². The maximum absolute atomic E-state index is 11.3. The second-order valence-corrected chi connectivity index (χ2v) is 7.85. The molecule has 3 aromatic carbocycles. The molecule has 0 saturated carbocycles. The zero-order valence-corrected chi connectivity index (χ0v) is 19.7. The summed E-state index contributed by atoms with van der Waals surface area (Å²) in [5.41, 5.74) is 2.12. The van der Waals surface area contributed by atoms with Gasteiger partial charge in [-0.1, -0.05) is 48.5 Å². The fourth-order valence-corrected chi connectivity index (χ4v) is 3.09. The van der Waals surface area contributed by atoms with Crippen molar-refractivity contribution in [1.29, 1.82) is 0 Å². The predicted molar refractivity (Wildman–Crippen MR) is 134 cm³/mol. The molecule has 10 heteroatoms. The molecule has 194 valence electrons. The smallest absolute Gasteiger partial charge is 0.376 e. The van der Waals surface area contributed by atoms with Gasteiger partial charge in [-0.05, 0) is 35.4 Å². The average molecular weight is 518 g/mol. The first-order valence-corrected chi connectivity index (χ1v) is 11.0. The van der Waals surface area contributed by atoms with Crippen LogP contribution in [0.15, 0.2) is 84.9 Å². The first-order chi connectivity index (χ1) is 18.1. The van der Waals surface area contributed by atoms with Crippen LogP contribution in [0, 0.1) is 0 Å². The first kappa shape index (κ1) is 27.2. The van der Waals surface area contributed by atoms with Crippen molar-refractivity contribution in [2.24, 2.45) is 0 Å². The lowest BCUT2D eigenvalue weighted by molar-refractivity contribution is -0.146. The van der Waals surface area contributed by atoms with E-state index in [0.29, 0.717) is 23.7 Å². The van der Waals surface area contributed by atoms with Crippen LogP contribution in [0.2, 0.25) is 0 Å². The third kappa shape index (κ3) is 7.82. The number of carbonyl (C=O) groups excluding carboxylic acids is 2. The largest absolute Gasteiger partial charge is 0.507 e. The monoisotopic (exact) mass is 518 g/mol. The summed E-state index contributed by atoms with van der Waals surface area (Å²) < 4.78 is 11.4. The van der Waals surface area contributed by atoms with Crippen molar-refractivity contribution in [3.05, 3.63) is 107 Å². The van der Waals surface area contributed by atoms with Crippen molar-refractivity contribution in [1.82, 2.24) is 0 Å². The predicted octanol–water partition coefficient (Wildman–Crippen LogP) is 3.95. The standard InChI is InChI=1S/C28H22O10/c29-23(13-25(31)27(33)34)19-3-1-5-21(11-19)37-15-17-7-9-18(10-8-17)16-38-22-6-2-4-20(12-22)24(30)14-26(32)28(35)36/h1-14,29-30H,15-16H2,(H,33,34)(H,35,36)/b23-13-,24-14-. The Balaban J connectivity index is 1.57. The van der Waals surface area contributed by atoms with Crippen molar-refractivity contribution in [3.8, 4) is 11.5 Å². The number of aliphatic carboxylic acids is 2. The van der Waals surface area contributed by atoms with Crippen LogP contribution in [0.4, 0.5) is 0 Å². The van der Waals surface area contributed by atoms with E-state index in [1.165, 1.54) is 24.3 Å². The van der Waals surface area contributed by atoms with Gasteiger partial charge in [-0.2, -0.15) is 0 Å². The number of hydrogen-bond acceptors (Lipinski definition) is 8. The molecule has 4 N–H and O–H groups in total. The van der Waals surface area contributed by atoms with E-state index in [2.05, 4.69) is 0 Å². The molecule has 0 radical (unpaired) electrons. The molecule has 0 atom stereocenters. The molecule has 3 aromatic rings. The van der Waals surface area contributed by atoms with E-state index in [4.69, 9.17) is 19.7 Å². The van der Waals surface area contributed by atoms with Crippen molar-refractivity contribution in [2.45, 2.75) is 13.2 Å². The van der Waals surface area contributed by atoms with Crippen LogP contribution in [0.1, 0.15) is 22.3 Å². The first-order valence-electron chi connectivity index (χ1n) is 11.0. The van der Waals surface area contributed by atoms with Gasteiger partial charge < -0.3 is 29.9 Å². The summed E-state index contributed by atoms with van der Waals surface area (Å²) in [7, 11) is 0. The molecule has 0 aliphatic carbocycles. The van der Waals surface area contributed by atoms with Crippen LogP contribution in [-0.4, -0.2) is 43.9 Å². The van der Waals surface area contributed by atoms with Crippen LogP contribution in [0.25, 0.3) is 11.5 Å². The van der Waals surface area contributed by atoms with E-state index in [1.807, 2.05) is 24.3 Å². The van der Waals surface area contributed by atoms with E-state index in [9.17, 15) is 29.4 Å². The number of ketones is 2. The van der Waals surface area contributed by atoms with Crippen LogP contribution >= 0.6 is 0 Å². The van der Waals surface area contributed by atoms with Gasteiger partial charge in [0.25, 0.3) is 11.6 Å². The molecule has 0 aliphatic heterocycles. The Kier molecular flexibility index (Phi) is 8.98. The van der Waals surface area contributed by atoms with E-state index >= 15 is 0 Å². The highest BCUT2D eigenvalue weighted by molar-refractivity contribution is 6.39. The lowest BCUT2D eigenvalue weighted by Gasteiger charge is -2.10. The summed E-state index contributed by atoms with van der Waals surface area (Å²) in [6.45, 7) is 0.400. The molecule has 0 heterocycles. The van der Waals surface area contributed by atoms with E-state index in [0.717, 1.165) is 11.1 Å². The van der Waals surface area contributed by atoms with E-state index in [1.54, 1.807) is 24.3 Å². The van der Waals surface area contributed by atoms with Crippen LogP contribution in [0.5, 0.6) is 11.5 Å². The number of ether oxygens (including phenoxy) is 2. The SMILES string of the molecule is O=C(O)C(=O)/C=C(\O)c1cccc(OCc2ccc(COc3cccc(/C(O)=C/C(=O)C(=O)O)c3)cc2)c1. The van der Waals surface area contributed by atoms with Crippen LogP contribution in [0.3, 0.4) is 0 Å². The van der Waals surface area contributed by atoms with Gasteiger partial charge in [-0.25, -0.2) is 9.59 Å². The third-order valence-electron chi connectivity index (χ3n) is 5.05. The molecular formula is C28H22O10. The Hall–Kier alpha value is -5.38. The summed E-state index contributed by atoms with van der Waals surface area (Å²) in [6, 6.07) is 19.8. The number of aliphatic hydroxyl groups is 2. The quantitative estimate of drug-likeness (QED) is 0.156. The summed E-state index contributed by atoms with van der Waals surface area (Å²) in [4.78, 5) is 43.8. The van der Waals surface area contributed by atoms with Gasteiger partial charge in [-0.3, -0.25) is 9.59 Å². The molecule has 0 bridgehead atoms. The number of aliphatic hydroxyl groups excluding tert-OH is 2. The molecule has 0 saturated heterocycles. The topological polar surface area (TPSA) is 168 Å². The number of carbonyl (C=O) groups is 4. The van der Waals surface area contributed by atoms with Crippen LogP contribution < -0.4 is 9.47 Å². The molecule has 0 aliphatic rings. The molecule has 0 amide bonds. The molecule has 0 fully saturated rings. The van der Waals surface area contributed by atoms with Gasteiger partial charge in [0.1, 0.15) is 36.2 Å². The summed E-state index contributed by atoms with van der Waals surface area (Å²) in [5.74, 6) is -6.00. The van der Waals surface area contributed by atoms with Crippen molar-refractivity contribution < 1.29 is 49.1 Å². The summed E-state index contributed by atoms with van der Waals surface area (Å²) in [6.07, 6.45) is 1.25. The Morgan fingerprint density at radius 2 is 0.947 bits per heavy atom. The number of hydrogen-bond donors (Lipinski definition) is 4. The highest BCUT2D eigenvalue weighted by Crippen LogP contribution is 2.21. The third-order valence-corrected chi connectivity index (χ3v) is 5.05. The molecule has 10 nitrogen and oxygen atoms in total. The minimum absolute atomic E-state index is 0.200. The van der Waals surface area contributed by atoms with Crippen LogP contribution in [-0.2, 0) is 32.4 Å². The Morgan fingerprint density at radius 3 is 1.29 bits per heavy atom. The highest BCUT2D eigenvalue weighted by atomic mass is 16.5. The molecule has 3 rings (SSSR count). The van der Waals surface area contributed by atoms with Crippen molar-refractivity contribution >= 4 is 35.0 Å². The molecule has 0 unspecified atom stereocenters. The van der Waals surface area contributed by atoms with Gasteiger partial charge >= 0.3 is 11.9 Å². The average Bonchev–Trinajstić information content (AvgIpc) is 2.91.